The third kappa shape index (κ3) is 5.03. The second kappa shape index (κ2) is 9.06. The van der Waals surface area contributed by atoms with Gasteiger partial charge >= 0.3 is 6.36 Å². The molecule has 2 aliphatic rings. The normalized spacial score (nSPS) is 25.9. The average molecular weight is 513 g/mol. The highest BCUT2D eigenvalue weighted by atomic mass is 127. The van der Waals surface area contributed by atoms with Crippen LogP contribution in [0.5, 0.6) is 5.75 Å². The molecule has 1 aromatic rings. The number of hydrogen-bond acceptors (Lipinski definition) is 3. The number of nitrogens with one attached hydrogen (secondary N) is 2. The molecule has 9 heteroatoms. The van der Waals surface area contributed by atoms with Crippen LogP contribution in [0, 0.1) is 11.3 Å². The van der Waals surface area contributed by atoms with E-state index in [0.717, 1.165) is 13.0 Å². The molecule has 0 bridgehead atoms. The van der Waals surface area contributed by atoms with Gasteiger partial charge < -0.3 is 20.1 Å². The third-order valence-electron chi connectivity index (χ3n) is 5.34. The SMILES string of the molecule is CCNC(=NCc1ccccc1OC(F)(F)F)NC1C2CCOC2C1(C)C.I. The highest BCUT2D eigenvalue weighted by Crippen LogP contribution is 2.52. The lowest BCUT2D eigenvalue weighted by molar-refractivity contribution is -0.274. The number of guanidine groups is 1. The Hall–Kier alpha value is -1.23. The number of fused-ring (bicyclic) bond motifs is 1. The summed E-state index contributed by atoms with van der Waals surface area (Å²) in [6, 6.07) is 6.28. The summed E-state index contributed by atoms with van der Waals surface area (Å²) < 4.78 is 47.7. The molecule has 0 radical (unpaired) electrons. The minimum atomic E-state index is -4.73. The Morgan fingerprint density at radius 2 is 2.04 bits per heavy atom. The van der Waals surface area contributed by atoms with E-state index in [1.54, 1.807) is 12.1 Å². The number of rotatable bonds is 5. The zero-order chi connectivity index (χ0) is 19.7. The van der Waals surface area contributed by atoms with Gasteiger partial charge in [-0.2, -0.15) is 0 Å². The molecule has 1 saturated carbocycles. The van der Waals surface area contributed by atoms with Gasteiger partial charge in [0, 0.05) is 36.1 Å². The lowest BCUT2D eigenvalue weighted by Crippen LogP contribution is -2.67. The molecular weight excluding hydrogens is 486 g/mol. The van der Waals surface area contributed by atoms with Crippen LogP contribution in [-0.2, 0) is 11.3 Å². The maximum absolute atomic E-state index is 12.6. The van der Waals surface area contributed by atoms with Crippen molar-refractivity contribution in [1.82, 2.24) is 10.6 Å². The fourth-order valence-electron chi connectivity index (χ4n) is 4.11. The summed E-state index contributed by atoms with van der Waals surface area (Å²) in [5, 5.41) is 6.62. The van der Waals surface area contributed by atoms with E-state index in [1.807, 2.05) is 6.92 Å². The van der Waals surface area contributed by atoms with E-state index in [4.69, 9.17) is 4.74 Å². The number of halogens is 4. The number of hydrogen-bond donors (Lipinski definition) is 2. The number of aliphatic imine (C=N–C) groups is 1. The summed E-state index contributed by atoms with van der Waals surface area (Å²) in [6.45, 7) is 7.78. The van der Waals surface area contributed by atoms with Crippen LogP contribution in [0.25, 0.3) is 0 Å². The van der Waals surface area contributed by atoms with Crippen LogP contribution in [0.3, 0.4) is 0 Å². The molecule has 158 valence electrons. The van der Waals surface area contributed by atoms with Crippen LogP contribution in [0.4, 0.5) is 13.2 Å². The first-order valence-electron chi connectivity index (χ1n) is 9.22. The molecule has 1 aliphatic heterocycles. The van der Waals surface area contributed by atoms with Gasteiger partial charge in [0.15, 0.2) is 5.96 Å². The summed E-state index contributed by atoms with van der Waals surface area (Å²) in [7, 11) is 0. The smallest absolute Gasteiger partial charge is 0.405 e. The van der Waals surface area contributed by atoms with Gasteiger partial charge in [-0.05, 0) is 19.4 Å². The van der Waals surface area contributed by atoms with Crippen molar-refractivity contribution in [3.63, 3.8) is 0 Å². The predicted octanol–water partition coefficient (Wildman–Crippen LogP) is 4.07. The Balaban J connectivity index is 0.00000280. The van der Waals surface area contributed by atoms with Crippen molar-refractivity contribution in [2.45, 2.75) is 52.2 Å². The summed E-state index contributed by atoms with van der Waals surface area (Å²) in [5.41, 5.74) is 0.358. The summed E-state index contributed by atoms with van der Waals surface area (Å²) >= 11 is 0. The Labute approximate surface area is 180 Å². The molecule has 0 spiro atoms. The number of ether oxygens (including phenoxy) is 2. The Morgan fingerprint density at radius 1 is 1.32 bits per heavy atom. The van der Waals surface area contributed by atoms with Gasteiger partial charge in [0.2, 0.25) is 0 Å². The van der Waals surface area contributed by atoms with Crippen LogP contribution in [-0.4, -0.2) is 37.6 Å². The van der Waals surface area contributed by atoms with E-state index >= 15 is 0 Å². The molecule has 0 aromatic heterocycles. The van der Waals surface area contributed by atoms with Crippen molar-refractivity contribution in [2.24, 2.45) is 16.3 Å². The molecule has 5 nitrogen and oxygen atoms in total. The van der Waals surface area contributed by atoms with Crippen molar-refractivity contribution >= 4 is 29.9 Å². The van der Waals surface area contributed by atoms with Crippen LogP contribution < -0.4 is 15.4 Å². The Bertz CT molecular complexity index is 697. The van der Waals surface area contributed by atoms with Gasteiger partial charge in [-0.25, -0.2) is 4.99 Å². The molecule has 1 heterocycles. The largest absolute Gasteiger partial charge is 0.573 e. The first kappa shape index (κ1) is 23.1. The van der Waals surface area contributed by atoms with E-state index in [-0.39, 0.29) is 53.8 Å². The van der Waals surface area contributed by atoms with E-state index < -0.39 is 6.36 Å². The Morgan fingerprint density at radius 3 is 2.71 bits per heavy atom. The number of alkyl halides is 3. The van der Waals surface area contributed by atoms with E-state index in [2.05, 4.69) is 34.2 Å². The number of para-hydroxylation sites is 1. The first-order valence-corrected chi connectivity index (χ1v) is 9.22. The second-order valence-corrected chi connectivity index (χ2v) is 7.54. The van der Waals surface area contributed by atoms with Crippen LogP contribution in [0.15, 0.2) is 29.3 Å². The minimum absolute atomic E-state index is 0. The molecule has 28 heavy (non-hydrogen) atoms. The van der Waals surface area contributed by atoms with Crippen LogP contribution >= 0.6 is 24.0 Å². The molecule has 1 aliphatic carbocycles. The lowest BCUT2D eigenvalue weighted by atomic mass is 9.57. The van der Waals surface area contributed by atoms with Crippen molar-refractivity contribution in [3.8, 4) is 5.75 Å². The standard InChI is InChI=1S/C19H26F3N3O2.HI/c1-4-23-17(25-15-13-9-10-26-16(13)18(15,2)3)24-11-12-7-5-6-8-14(12)27-19(20,21)22;/h5-8,13,15-16H,4,9-11H2,1-3H3,(H2,23,24,25);1H. The third-order valence-corrected chi connectivity index (χ3v) is 5.34. The average Bonchev–Trinajstić information content (AvgIpc) is 3.04. The fourth-order valence-corrected chi connectivity index (χ4v) is 4.11. The zero-order valence-electron chi connectivity index (χ0n) is 16.2. The fraction of sp³-hybridized carbons (Fsp3) is 0.632. The van der Waals surface area contributed by atoms with E-state index in [1.165, 1.54) is 12.1 Å². The minimum Gasteiger partial charge on any atom is -0.405 e. The monoisotopic (exact) mass is 513 g/mol. The summed E-state index contributed by atoms with van der Waals surface area (Å²) in [4.78, 5) is 4.48. The van der Waals surface area contributed by atoms with Gasteiger partial charge in [0.05, 0.1) is 12.6 Å². The maximum atomic E-state index is 12.6. The number of nitrogens with zero attached hydrogens (tertiary/aromatic N) is 1. The zero-order valence-corrected chi connectivity index (χ0v) is 18.5. The molecule has 1 saturated heterocycles. The van der Waals surface area contributed by atoms with Gasteiger partial charge in [-0.15, -0.1) is 37.1 Å². The van der Waals surface area contributed by atoms with E-state index in [9.17, 15) is 13.2 Å². The van der Waals surface area contributed by atoms with Crippen LogP contribution in [0.1, 0.15) is 32.8 Å². The van der Waals surface area contributed by atoms with Gasteiger partial charge in [-0.3, -0.25) is 0 Å². The highest BCUT2D eigenvalue weighted by molar-refractivity contribution is 14.0. The van der Waals surface area contributed by atoms with Crippen LogP contribution in [0.2, 0.25) is 0 Å². The molecule has 0 amide bonds. The molecule has 3 rings (SSSR count). The van der Waals surface area contributed by atoms with Crippen molar-refractivity contribution in [3.05, 3.63) is 29.8 Å². The topological polar surface area (TPSA) is 54.9 Å². The number of benzene rings is 1. The second-order valence-electron chi connectivity index (χ2n) is 7.54. The van der Waals surface area contributed by atoms with Crippen molar-refractivity contribution < 1.29 is 22.6 Å². The highest BCUT2D eigenvalue weighted by Gasteiger charge is 2.59. The quantitative estimate of drug-likeness (QED) is 0.354. The molecule has 3 atom stereocenters. The van der Waals surface area contributed by atoms with E-state index in [0.29, 0.717) is 24.0 Å². The molecular formula is C19H27F3IN3O2. The molecule has 1 aromatic carbocycles. The lowest BCUT2D eigenvalue weighted by Gasteiger charge is -2.54. The van der Waals surface area contributed by atoms with Gasteiger partial charge in [0.25, 0.3) is 0 Å². The van der Waals surface area contributed by atoms with Crippen molar-refractivity contribution in [1.29, 1.82) is 0 Å². The molecule has 2 fully saturated rings. The van der Waals surface area contributed by atoms with Gasteiger partial charge in [0.1, 0.15) is 5.75 Å². The first-order chi connectivity index (χ1) is 12.7. The van der Waals surface area contributed by atoms with Crippen molar-refractivity contribution in [2.75, 3.05) is 13.2 Å². The maximum Gasteiger partial charge on any atom is 0.573 e. The molecule has 3 unspecified atom stereocenters. The summed E-state index contributed by atoms with van der Waals surface area (Å²) in [5.74, 6) is 0.797. The molecule has 2 N–H and O–H groups in total. The predicted molar refractivity (Wildman–Crippen MR) is 112 cm³/mol. The summed E-state index contributed by atoms with van der Waals surface area (Å²) in [6.07, 6.45) is -3.47. The Kier molecular flexibility index (Phi) is 7.46. The van der Waals surface area contributed by atoms with Gasteiger partial charge in [-0.1, -0.05) is 32.0 Å².